The van der Waals surface area contributed by atoms with Gasteiger partial charge in [0, 0.05) is 13.0 Å². The van der Waals surface area contributed by atoms with Gasteiger partial charge >= 0.3 is 11.9 Å². The Balaban J connectivity index is 5.28. The third kappa shape index (κ3) is 14.0. The van der Waals surface area contributed by atoms with Gasteiger partial charge in [0.15, 0.2) is 5.96 Å². The summed E-state index contributed by atoms with van der Waals surface area (Å²) in [6.45, 7) is 4.46. The lowest BCUT2D eigenvalue weighted by molar-refractivity contribution is -0.142. The quantitative estimate of drug-likeness (QED) is 0.0474. The van der Waals surface area contributed by atoms with Gasteiger partial charge in [0.25, 0.3) is 0 Å². The molecule has 0 aromatic heterocycles. The number of carbonyl (C=O) groups is 6. The topological polar surface area (TPSA) is 281 Å². The van der Waals surface area contributed by atoms with Crippen LogP contribution in [0.4, 0.5) is 0 Å². The fourth-order valence-electron chi connectivity index (χ4n) is 3.08. The number of carbonyl (C=O) groups excluding carboxylic acids is 4. The number of carboxylic acid groups (broad SMARTS) is 2. The lowest BCUT2D eigenvalue weighted by Crippen LogP contribution is -2.58. The molecule has 216 valence electrons. The van der Waals surface area contributed by atoms with Crippen LogP contribution in [-0.2, 0) is 28.8 Å². The highest BCUT2D eigenvalue weighted by atomic mass is 16.4. The van der Waals surface area contributed by atoms with Crippen LogP contribution >= 0.6 is 0 Å². The van der Waals surface area contributed by atoms with Crippen molar-refractivity contribution in [3.63, 3.8) is 0 Å². The van der Waals surface area contributed by atoms with Crippen molar-refractivity contribution in [2.24, 2.45) is 28.1 Å². The molecule has 5 atom stereocenters. The minimum Gasteiger partial charge on any atom is -0.481 e. The SMILES string of the molecule is CCC(C)C(NC(=O)C(C)N)C(=O)NC(CCC(=O)O)C(=O)NCC(=O)NC(CCCN=C(N)N)C(=O)O. The van der Waals surface area contributed by atoms with E-state index in [4.69, 9.17) is 22.3 Å². The Morgan fingerprint density at radius 1 is 0.868 bits per heavy atom. The Kier molecular flexibility index (Phi) is 15.7. The van der Waals surface area contributed by atoms with Crippen molar-refractivity contribution in [3.05, 3.63) is 0 Å². The third-order valence-electron chi connectivity index (χ3n) is 5.49. The minimum atomic E-state index is -1.35. The smallest absolute Gasteiger partial charge is 0.326 e. The van der Waals surface area contributed by atoms with E-state index in [9.17, 15) is 33.9 Å². The molecule has 4 amide bonds. The molecular weight excluding hydrogens is 504 g/mol. The van der Waals surface area contributed by atoms with E-state index in [2.05, 4.69) is 26.3 Å². The Hall–Kier alpha value is -3.95. The predicted molar refractivity (Wildman–Crippen MR) is 136 cm³/mol. The highest BCUT2D eigenvalue weighted by Gasteiger charge is 2.31. The number of nitrogens with zero attached hydrogens (tertiary/aromatic N) is 1. The molecule has 0 aromatic carbocycles. The normalized spacial score (nSPS) is 14.5. The summed E-state index contributed by atoms with van der Waals surface area (Å²) in [5, 5.41) is 27.8. The second-order valence-electron chi connectivity index (χ2n) is 8.78. The summed E-state index contributed by atoms with van der Waals surface area (Å²) in [6.07, 6.45) is 0.0161. The van der Waals surface area contributed by atoms with Crippen LogP contribution in [0, 0.1) is 5.92 Å². The molecule has 12 N–H and O–H groups in total. The predicted octanol–water partition coefficient (Wildman–Crippen LogP) is -3.05. The van der Waals surface area contributed by atoms with E-state index in [0.29, 0.717) is 6.42 Å². The van der Waals surface area contributed by atoms with Crippen molar-refractivity contribution < 1.29 is 39.0 Å². The number of amides is 4. The maximum atomic E-state index is 12.9. The van der Waals surface area contributed by atoms with Crippen LogP contribution in [0.2, 0.25) is 0 Å². The van der Waals surface area contributed by atoms with Crippen molar-refractivity contribution in [2.45, 2.75) is 77.0 Å². The summed E-state index contributed by atoms with van der Waals surface area (Å²) in [5.74, 6) is -6.01. The molecule has 0 aliphatic carbocycles. The highest BCUT2D eigenvalue weighted by molar-refractivity contribution is 5.94. The largest absolute Gasteiger partial charge is 0.481 e. The lowest BCUT2D eigenvalue weighted by atomic mass is 9.97. The van der Waals surface area contributed by atoms with Gasteiger partial charge in [-0.05, 0) is 32.1 Å². The molecule has 0 aromatic rings. The molecule has 0 spiro atoms. The molecule has 0 rings (SSSR count). The first-order valence-corrected chi connectivity index (χ1v) is 12.1. The highest BCUT2D eigenvalue weighted by Crippen LogP contribution is 2.10. The minimum absolute atomic E-state index is 0.0211. The summed E-state index contributed by atoms with van der Waals surface area (Å²) < 4.78 is 0. The van der Waals surface area contributed by atoms with E-state index in [-0.39, 0.29) is 37.7 Å². The number of hydrogen-bond acceptors (Lipinski definition) is 8. The number of aliphatic imine (C=N–C) groups is 1. The van der Waals surface area contributed by atoms with Gasteiger partial charge in [-0.3, -0.25) is 29.0 Å². The first-order chi connectivity index (χ1) is 17.7. The number of carboxylic acids is 2. The second-order valence-corrected chi connectivity index (χ2v) is 8.78. The number of guanidine groups is 1. The van der Waals surface area contributed by atoms with Gasteiger partial charge in [0.05, 0.1) is 12.6 Å². The van der Waals surface area contributed by atoms with Crippen molar-refractivity contribution in [2.75, 3.05) is 13.1 Å². The number of nitrogens with one attached hydrogen (secondary N) is 4. The number of aliphatic carboxylic acids is 2. The van der Waals surface area contributed by atoms with Gasteiger partial charge < -0.3 is 48.7 Å². The van der Waals surface area contributed by atoms with Crippen molar-refractivity contribution in [1.29, 1.82) is 0 Å². The maximum absolute atomic E-state index is 12.9. The molecular formula is C22H40N8O8. The van der Waals surface area contributed by atoms with Crippen LogP contribution in [0.3, 0.4) is 0 Å². The molecule has 16 heteroatoms. The zero-order chi connectivity index (χ0) is 29.4. The first kappa shape index (κ1) is 34.0. The molecule has 0 aliphatic rings. The maximum Gasteiger partial charge on any atom is 0.326 e. The zero-order valence-corrected chi connectivity index (χ0v) is 21.9. The molecule has 38 heavy (non-hydrogen) atoms. The molecule has 0 bridgehead atoms. The van der Waals surface area contributed by atoms with E-state index in [1.165, 1.54) is 6.92 Å². The fourth-order valence-corrected chi connectivity index (χ4v) is 3.08. The number of hydrogen-bond donors (Lipinski definition) is 9. The average molecular weight is 545 g/mol. The number of rotatable bonds is 18. The molecule has 0 fully saturated rings. The van der Waals surface area contributed by atoms with Crippen LogP contribution in [0.5, 0.6) is 0 Å². The van der Waals surface area contributed by atoms with E-state index >= 15 is 0 Å². The van der Waals surface area contributed by atoms with Crippen LogP contribution < -0.4 is 38.5 Å². The molecule has 0 heterocycles. The Labute approximate surface area is 220 Å². The van der Waals surface area contributed by atoms with Crippen molar-refractivity contribution >= 4 is 41.5 Å². The van der Waals surface area contributed by atoms with Gasteiger partial charge in [0.1, 0.15) is 18.1 Å². The van der Waals surface area contributed by atoms with Gasteiger partial charge in [-0.2, -0.15) is 0 Å². The average Bonchev–Trinajstić information content (AvgIpc) is 2.83. The van der Waals surface area contributed by atoms with Crippen LogP contribution in [-0.4, -0.2) is 89.0 Å². The standard InChI is InChI=1S/C22H40N8O8/c1-4-11(2)17(30-18(34)12(3)23)20(36)29-13(7-8-16(32)33)19(35)27-10-15(31)28-14(21(37)38)6-5-9-26-22(24)25/h11-14,17H,4-10,23H2,1-3H3,(H,27,35)(H,28,31)(H,29,36)(H,30,34)(H,32,33)(H,37,38)(H4,24,25,26). The summed E-state index contributed by atoms with van der Waals surface area (Å²) in [6, 6.07) is -4.54. The molecule has 0 saturated heterocycles. The van der Waals surface area contributed by atoms with Gasteiger partial charge in [0.2, 0.25) is 23.6 Å². The zero-order valence-electron chi connectivity index (χ0n) is 21.9. The van der Waals surface area contributed by atoms with Crippen LogP contribution in [0.15, 0.2) is 4.99 Å². The number of nitrogens with two attached hydrogens (primary N) is 3. The summed E-state index contributed by atoms with van der Waals surface area (Å²) in [5.41, 5.74) is 16.0. The fraction of sp³-hybridized carbons (Fsp3) is 0.682. The Morgan fingerprint density at radius 2 is 1.50 bits per heavy atom. The van der Waals surface area contributed by atoms with Crippen molar-refractivity contribution in [3.8, 4) is 0 Å². The molecule has 0 aliphatic heterocycles. The van der Waals surface area contributed by atoms with E-state index in [1.54, 1.807) is 13.8 Å². The Morgan fingerprint density at radius 3 is 2.00 bits per heavy atom. The molecule has 5 unspecified atom stereocenters. The van der Waals surface area contributed by atoms with Gasteiger partial charge in [-0.15, -0.1) is 0 Å². The molecule has 0 radical (unpaired) electrons. The van der Waals surface area contributed by atoms with Gasteiger partial charge in [-0.1, -0.05) is 20.3 Å². The van der Waals surface area contributed by atoms with E-state index < -0.39 is 72.7 Å². The van der Waals surface area contributed by atoms with Crippen LogP contribution in [0.1, 0.15) is 52.9 Å². The summed E-state index contributed by atoms with van der Waals surface area (Å²) >= 11 is 0. The van der Waals surface area contributed by atoms with E-state index in [0.717, 1.165) is 0 Å². The monoisotopic (exact) mass is 544 g/mol. The lowest BCUT2D eigenvalue weighted by Gasteiger charge is -2.27. The van der Waals surface area contributed by atoms with Gasteiger partial charge in [-0.25, -0.2) is 4.79 Å². The Bertz CT molecular complexity index is 875. The van der Waals surface area contributed by atoms with Crippen LogP contribution in [0.25, 0.3) is 0 Å². The molecule has 0 saturated carbocycles. The second kappa shape index (κ2) is 17.5. The third-order valence-corrected chi connectivity index (χ3v) is 5.49. The van der Waals surface area contributed by atoms with Crippen molar-refractivity contribution in [1.82, 2.24) is 21.3 Å². The summed E-state index contributed by atoms with van der Waals surface area (Å²) in [7, 11) is 0. The van der Waals surface area contributed by atoms with E-state index in [1.807, 2.05) is 0 Å². The first-order valence-electron chi connectivity index (χ1n) is 12.1. The summed E-state index contributed by atoms with van der Waals surface area (Å²) in [4.78, 5) is 76.1. The molecule has 16 nitrogen and oxygen atoms in total.